The Bertz CT molecular complexity index is 1190. The first-order chi connectivity index (χ1) is 13.5. The summed E-state index contributed by atoms with van der Waals surface area (Å²) in [7, 11) is 0. The fourth-order valence-corrected chi connectivity index (χ4v) is 3.74. The monoisotopic (exact) mass is 394 g/mol. The summed E-state index contributed by atoms with van der Waals surface area (Å²) in [5.74, 6) is 1.29. The minimum absolute atomic E-state index is 0.166. The molecule has 7 nitrogen and oxygen atoms in total. The first kappa shape index (κ1) is 17.2. The molecule has 1 aliphatic heterocycles. The highest BCUT2D eigenvalue weighted by molar-refractivity contribution is 6.31. The van der Waals surface area contributed by atoms with E-state index >= 15 is 0 Å². The summed E-state index contributed by atoms with van der Waals surface area (Å²) < 4.78 is 9.43. The molecule has 0 saturated carbocycles. The van der Waals surface area contributed by atoms with E-state index in [0.717, 1.165) is 40.4 Å². The minimum atomic E-state index is 0.166. The molecule has 0 amide bonds. The Hall–Kier alpha value is -2.93. The van der Waals surface area contributed by atoms with Gasteiger partial charge in [-0.15, -0.1) is 0 Å². The van der Waals surface area contributed by atoms with Gasteiger partial charge in [-0.25, -0.2) is 4.98 Å². The second kappa shape index (κ2) is 6.31. The standard InChI is InChI=1S/C20H19ClN6O/c1-4-26-9-12-7-16-18(19-23-20(11(2)3)28-25-19)22-10-27(16)15-6-5-13(21)8-14(15)17(12)24-26/h5-6,8-11H,4,7H2,1-3H3. The summed E-state index contributed by atoms with van der Waals surface area (Å²) >= 11 is 6.31. The predicted octanol–water partition coefficient (Wildman–Crippen LogP) is 4.49. The highest BCUT2D eigenvalue weighted by Gasteiger charge is 2.27. The molecule has 3 aromatic heterocycles. The average Bonchev–Trinajstić information content (AvgIpc) is 3.39. The van der Waals surface area contributed by atoms with Crippen LogP contribution in [0.5, 0.6) is 0 Å². The van der Waals surface area contributed by atoms with Crippen LogP contribution >= 0.6 is 11.6 Å². The van der Waals surface area contributed by atoms with Crippen LogP contribution in [0.1, 0.15) is 43.8 Å². The Morgan fingerprint density at radius 3 is 2.86 bits per heavy atom. The zero-order valence-electron chi connectivity index (χ0n) is 15.8. The van der Waals surface area contributed by atoms with E-state index < -0.39 is 0 Å². The third-order valence-corrected chi connectivity index (χ3v) is 5.24. The van der Waals surface area contributed by atoms with Gasteiger partial charge in [0.15, 0.2) is 0 Å². The zero-order chi connectivity index (χ0) is 19.4. The molecule has 1 aromatic carbocycles. The van der Waals surface area contributed by atoms with Crippen LogP contribution in [0.4, 0.5) is 0 Å². The van der Waals surface area contributed by atoms with Gasteiger partial charge in [0.1, 0.15) is 12.0 Å². The highest BCUT2D eigenvalue weighted by Crippen LogP contribution is 2.38. The Morgan fingerprint density at radius 1 is 1.25 bits per heavy atom. The third-order valence-electron chi connectivity index (χ3n) is 5.01. The Labute approximate surface area is 167 Å². The molecule has 8 heteroatoms. The van der Waals surface area contributed by atoms with Gasteiger partial charge in [-0.2, -0.15) is 10.1 Å². The van der Waals surface area contributed by atoms with Gasteiger partial charge in [0.25, 0.3) is 0 Å². The summed E-state index contributed by atoms with van der Waals surface area (Å²) in [5, 5.41) is 9.62. The van der Waals surface area contributed by atoms with E-state index in [2.05, 4.69) is 32.8 Å². The maximum absolute atomic E-state index is 6.31. The molecule has 1 aliphatic rings. The molecule has 0 fully saturated rings. The van der Waals surface area contributed by atoms with Crippen LogP contribution in [-0.2, 0) is 13.0 Å². The molecule has 0 atom stereocenters. The molecule has 0 radical (unpaired) electrons. The lowest BCUT2D eigenvalue weighted by Crippen LogP contribution is -2.01. The lowest BCUT2D eigenvalue weighted by atomic mass is 10.0. The first-order valence-electron chi connectivity index (χ1n) is 9.32. The molecule has 0 unspecified atom stereocenters. The summed E-state index contributed by atoms with van der Waals surface area (Å²) in [5.41, 5.74) is 5.80. The molecule has 0 aliphatic carbocycles. The number of aryl methyl sites for hydroxylation is 1. The van der Waals surface area contributed by atoms with Crippen molar-refractivity contribution in [3.63, 3.8) is 0 Å². The van der Waals surface area contributed by atoms with Crippen molar-refractivity contribution < 1.29 is 4.52 Å². The van der Waals surface area contributed by atoms with Crippen molar-refractivity contribution in [2.24, 2.45) is 0 Å². The molecule has 0 bridgehead atoms. The number of aromatic nitrogens is 6. The summed E-state index contributed by atoms with van der Waals surface area (Å²) in [6.45, 7) is 6.93. The number of fused-ring (bicyclic) bond motifs is 5. The van der Waals surface area contributed by atoms with Gasteiger partial charge in [-0.05, 0) is 25.1 Å². The maximum Gasteiger partial charge on any atom is 0.229 e. The summed E-state index contributed by atoms with van der Waals surface area (Å²) in [4.78, 5) is 9.16. The summed E-state index contributed by atoms with van der Waals surface area (Å²) in [6.07, 6.45) is 4.56. The van der Waals surface area contributed by atoms with Crippen LogP contribution in [0.3, 0.4) is 0 Å². The number of hydrogen-bond acceptors (Lipinski definition) is 5. The van der Waals surface area contributed by atoms with Gasteiger partial charge in [0, 0.05) is 41.2 Å². The van der Waals surface area contributed by atoms with Gasteiger partial charge in [-0.1, -0.05) is 30.6 Å². The van der Waals surface area contributed by atoms with Crippen LogP contribution in [0.15, 0.2) is 35.2 Å². The van der Waals surface area contributed by atoms with Crippen molar-refractivity contribution in [3.8, 4) is 28.5 Å². The number of rotatable bonds is 3. The Balaban J connectivity index is 1.74. The van der Waals surface area contributed by atoms with Crippen molar-refractivity contribution in [1.82, 2.24) is 29.5 Å². The maximum atomic E-state index is 6.31. The molecule has 5 rings (SSSR count). The van der Waals surface area contributed by atoms with Crippen molar-refractivity contribution in [3.05, 3.63) is 52.9 Å². The van der Waals surface area contributed by atoms with Gasteiger partial charge in [0.05, 0.1) is 17.1 Å². The normalized spacial score (nSPS) is 12.6. The van der Waals surface area contributed by atoms with Crippen molar-refractivity contribution >= 4 is 11.6 Å². The molecule has 0 saturated heterocycles. The van der Waals surface area contributed by atoms with E-state index in [1.807, 2.05) is 43.1 Å². The number of halogens is 1. The largest absolute Gasteiger partial charge is 0.339 e. The van der Waals surface area contributed by atoms with E-state index in [0.29, 0.717) is 23.2 Å². The molecular weight excluding hydrogens is 376 g/mol. The van der Waals surface area contributed by atoms with E-state index in [4.69, 9.17) is 21.2 Å². The topological polar surface area (TPSA) is 74.6 Å². The number of hydrogen-bond donors (Lipinski definition) is 0. The fraction of sp³-hybridized carbons (Fsp3) is 0.300. The molecular formula is C20H19ClN6O. The quantitative estimate of drug-likeness (QED) is 0.450. The second-order valence-corrected chi connectivity index (χ2v) is 7.65. The average molecular weight is 395 g/mol. The van der Waals surface area contributed by atoms with Crippen LogP contribution in [0.25, 0.3) is 28.5 Å². The Morgan fingerprint density at radius 2 is 2.11 bits per heavy atom. The smallest absolute Gasteiger partial charge is 0.229 e. The number of nitrogens with zero attached hydrogens (tertiary/aromatic N) is 6. The molecule has 28 heavy (non-hydrogen) atoms. The van der Waals surface area contributed by atoms with Crippen LogP contribution in [-0.4, -0.2) is 29.5 Å². The second-order valence-electron chi connectivity index (χ2n) is 7.22. The first-order valence-corrected chi connectivity index (χ1v) is 9.69. The third kappa shape index (κ3) is 2.57. The van der Waals surface area contributed by atoms with Gasteiger partial charge < -0.3 is 9.09 Å². The van der Waals surface area contributed by atoms with Crippen LogP contribution < -0.4 is 0 Å². The van der Waals surface area contributed by atoms with E-state index in [9.17, 15) is 0 Å². The molecule has 142 valence electrons. The van der Waals surface area contributed by atoms with Gasteiger partial charge in [0.2, 0.25) is 11.7 Å². The Kier molecular flexibility index (Phi) is 3.87. The molecule has 4 aromatic rings. The van der Waals surface area contributed by atoms with E-state index in [1.54, 1.807) is 0 Å². The fourth-order valence-electron chi connectivity index (χ4n) is 3.57. The van der Waals surface area contributed by atoms with Gasteiger partial charge >= 0.3 is 0 Å². The molecule has 4 heterocycles. The van der Waals surface area contributed by atoms with Crippen LogP contribution in [0.2, 0.25) is 5.02 Å². The van der Waals surface area contributed by atoms with Crippen molar-refractivity contribution in [2.75, 3.05) is 0 Å². The number of benzene rings is 1. The van der Waals surface area contributed by atoms with Crippen molar-refractivity contribution in [1.29, 1.82) is 0 Å². The predicted molar refractivity (Wildman–Crippen MR) is 106 cm³/mol. The zero-order valence-corrected chi connectivity index (χ0v) is 16.6. The SMILES string of the molecule is CCn1cc2c(n1)-c1cc(Cl)ccc1-n1cnc(-c3noc(C(C)C)n3)c1C2. The van der Waals surface area contributed by atoms with Crippen LogP contribution in [0, 0.1) is 0 Å². The number of imidazole rings is 1. The van der Waals surface area contributed by atoms with Crippen molar-refractivity contribution in [2.45, 2.75) is 39.7 Å². The molecule has 0 spiro atoms. The van der Waals surface area contributed by atoms with E-state index in [-0.39, 0.29) is 5.92 Å². The van der Waals surface area contributed by atoms with Gasteiger partial charge in [-0.3, -0.25) is 4.68 Å². The van der Waals surface area contributed by atoms with E-state index in [1.165, 1.54) is 0 Å². The summed E-state index contributed by atoms with van der Waals surface area (Å²) in [6, 6.07) is 5.85. The molecule has 0 N–H and O–H groups in total. The lowest BCUT2D eigenvalue weighted by molar-refractivity contribution is 0.365. The lowest BCUT2D eigenvalue weighted by Gasteiger charge is -2.09. The minimum Gasteiger partial charge on any atom is -0.339 e. The highest BCUT2D eigenvalue weighted by atomic mass is 35.5.